The molecule has 12 heavy (non-hydrogen) atoms. The fourth-order valence-corrected chi connectivity index (χ4v) is 0.910. The van der Waals surface area contributed by atoms with Crippen molar-refractivity contribution < 1.29 is 0 Å². The summed E-state index contributed by atoms with van der Waals surface area (Å²) in [6, 6.07) is 3.51. The Morgan fingerprint density at radius 3 is 3.17 bits per heavy atom. The van der Waals surface area contributed by atoms with Crippen molar-refractivity contribution in [3.63, 3.8) is 0 Å². The van der Waals surface area contributed by atoms with Crippen LogP contribution in [0.2, 0.25) is 0 Å². The van der Waals surface area contributed by atoms with Crippen molar-refractivity contribution in [1.82, 2.24) is 19.6 Å². The second-order valence-electron chi connectivity index (χ2n) is 2.12. The average molecular weight is 160 g/mol. The summed E-state index contributed by atoms with van der Waals surface area (Å²) in [7, 11) is 0. The van der Waals surface area contributed by atoms with Crippen LogP contribution in [0.1, 0.15) is 5.82 Å². The number of fused-ring (bicyclic) bond motifs is 1. The summed E-state index contributed by atoms with van der Waals surface area (Å²) in [6.07, 6.45) is 1.49. The summed E-state index contributed by atoms with van der Waals surface area (Å²) in [5, 5.41) is 12.4. The number of nitrogens with two attached hydrogens (primary N) is 1. The molecule has 6 nitrogen and oxygen atoms in total. The highest BCUT2D eigenvalue weighted by Crippen LogP contribution is 2.02. The van der Waals surface area contributed by atoms with Gasteiger partial charge in [0.15, 0.2) is 5.65 Å². The second-order valence-corrected chi connectivity index (χ2v) is 2.12. The van der Waals surface area contributed by atoms with Gasteiger partial charge in [-0.25, -0.2) is 4.98 Å². The Morgan fingerprint density at radius 1 is 1.58 bits per heavy atom. The Morgan fingerprint density at radius 2 is 2.42 bits per heavy atom. The van der Waals surface area contributed by atoms with E-state index in [1.165, 1.54) is 10.7 Å². The van der Waals surface area contributed by atoms with Gasteiger partial charge in [-0.2, -0.15) is 14.8 Å². The molecule has 6 heteroatoms. The fraction of sp³-hybridized carbons (Fsp3) is 0. The van der Waals surface area contributed by atoms with E-state index in [4.69, 9.17) is 11.0 Å². The average Bonchev–Trinajstić information content (AvgIpc) is 2.44. The molecule has 0 radical (unpaired) electrons. The van der Waals surface area contributed by atoms with Gasteiger partial charge >= 0.3 is 0 Å². The van der Waals surface area contributed by atoms with Crippen LogP contribution in [0.25, 0.3) is 5.65 Å². The fourth-order valence-electron chi connectivity index (χ4n) is 0.910. The van der Waals surface area contributed by atoms with Gasteiger partial charge in [-0.15, -0.1) is 5.10 Å². The van der Waals surface area contributed by atoms with Gasteiger partial charge in [0.05, 0.1) is 0 Å². The minimum absolute atomic E-state index is 0.138. The van der Waals surface area contributed by atoms with Gasteiger partial charge in [-0.3, -0.25) is 0 Å². The maximum absolute atomic E-state index is 8.60. The van der Waals surface area contributed by atoms with E-state index in [1.54, 1.807) is 6.07 Å². The largest absolute Gasteiger partial charge is 0.366 e. The molecule has 2 rings (SSSR count). The van der Waals surface area contributed by atoms with Crippen LogP contribution >= 0.6 is 0 Å². The maximum Gasteiger partial charge on any atom is 0.240 e. The molecule has 0 spiro atoms. The van der Waals surface area contributed by atoms with Gasteiger partial charge in [-0.05, 0) is 0 Å². The van der Waals surface area contributed by atoms with Gasteiger partial charge in [0.1, 0.15) is 6.07 Å². The highest BCUT2D eigenvalue weighted by molar-refractivity contribution is 5.42. The van der Waals surface area contributed by atoms with Gasteiger partial charge in [0.25, 0.3) is 0 Å². The number of rotatable bonds is 0. The van der Waals surface area contributed by atoms with Crippen LogP contribution in [0.4, 0.5) is 5.95 Å². The minimum atomic E-state index is 0.138. The highest BCUT2D eigenvalue weighted by Gasteiger charge is 2.03. The van der Waals surface area contributed by atoms with Crippen molar-refractivity contribution in [2.45, 2.75) is 0 Å². The summed E-state index contributed by atoms with van der Waals surface area (Å²) in [6.45, 7) is 0. The first-order chi connectivity index (χ1) is 5.81. The number of hydrogen-bond donors (Lipinski definition) is 1. The van der Waals surface area contributed by atoms with E-state index in [9.17, 15) is 0 Å². The molecule has 0 aliphatic rings. The zero-order chi connectivity index (χ0) is 8.55. The number of nitrogen functional groups attached to an aromatic ring is 1. The monoisotopic (exact) mass is 160 g/mol. The maximum atomic E-state index is 8.60. The first-order valence-electron chi connectivity index (χ1n) is 3.18. The van der Waals surface area contributed by atoms with Crippen molar-refractivity contribution in [2.75, 3.05) is 5.73 Å². The molecule has 2 N–H and O–H groups in total. The van der Waals surface area contributed by atoms with Crippen molar-refractivity contribution in [2.24, 2.45) is 0 Å². The normalized spacial score (nSPS) is 9.92. The summed E-state index contributed by atoms with van der Waals surface area (Å²) in [4.78, 5) is 7.64. The molecule has 2 aromatic rings. The van der Waals surface area contributed by atoms with Crippen molar-refractivity contribution in [3.05, 3.63) is 18.1 Å². The van der Waals surface area contributed by atoms with Crippen molar-refractivity contribution in [3.8, 4) is 6.07 Å². The molecule has 0 aliphatic carbocycles. The number of nitrogens with zero attached hydrogens (tertiary/aromatic N) is 5. The van der Waals surface area contributed by atoms with Crippen LogP contribution in [-0.4, -0.2) is 19.6 Å². The van der Waals surface area contributed by atoms with Crippen LogP contribution in [0.15, 0.2) is 12.3 Å². The molecule has 0 saturated heterocycles. The Hall–Kier alpha value is -2.16. The molecule has 0 saturated carbocycles. The Labute approximate surface area is 67.3 Å². The standard InChI is InChI=1S/C6H4N6/c7-3-5-9-2-1-4-10-6(8)11-12(4)5/h1-2H,(H2,8,11). The summed E-state index contributed by atoms with van der Waals surface area (Å²) in [5.41, 5.74) is 5.86. The Balaban J connectivity index is 2.89. The lowest BCUT2D eigenvalue weighted by Gasteiger charge is -1.89. The third kappa shape index (κ3) is 0.769. The summed E-state index contributed by atoms with van der Waals surface area (Å²) >= 11 is 0. The summed E-state index contributed by atoms with van der Waals surface area (Å²) < 4.78 is 1.30. The Kier molecular flexibility index (Phi) is 1.18. The number of nitriles is 1. The van der Waals surface area contributed by atoms with Crippen LogP contribution in [0, 0.1) is 11.3 Å². The zero-order valence-corrected chi connectivity index (χ0v) is 5.97. The zero-order valence-electron chi connectivity index (χ0n) is 5.97. The minimum Gasteiger partial charge on any atom is -0.366 e. The molecule has 0 aromatic carbocycles. The van der Waals surface area contributed by atoms with E-state index < -0.39 is 0 Å². The molecule has 58 valence electrons. The van der Waals surface area contributed by atoms with Crippen LogP contribution in [0.3, 0.4) is 0 Å². The third-order valence-corrected chi connectivity index (χ3v) is 1.37. The lowest BCUT2D eigenvalue weighted by molar-refractivity contribution is 0.901. The number of aromatic nitrogens is 4. The van der Waals surface area contributed by atoms with Gasteiger partial charge in [0, 0.05) is 12.3 Å². The topological polar surface area (TPSA) is 92.9 Å². The van der Waals surface area contributed by atoms with E-state index in [1.807, 2.05) is 6.07 Å². The summed E-state index contributed by atoms with van der Waals surface area (Å²) in [5.74, 6) is 0.316. The van der Waals surface area contributed by atoms with E-state index in [0.29, 0.717) is 5.65 Å². The lowest BCUT2D eigenvalue weighted by Crippen LogP contribution is -1.97. The molecular formula is C6H4N6. The molecule has 0 fully saturated rings. The van der Waals surface area contributed by atoms with Gasteiger partial charge in [-0.1, -0.05) is 0 Å². The molecule has 0 aliphatic heterocycles. The smallest absolute Gasteiger partial charge is 0.240 e. The molecule has 0 unspecified atom stereocenters. The highest BCUT2D eigenvalue weighted by atomic mass is 15.3. The predicted molar refractivity (Wildman–Crippen MR) is 39.9 cm³/mol. The molecule has 0 bridgehead atoms. The van der Waals surface area contributed by atoms with Crippen molar-refractivity contribution >= 4 is 11.6 Å². The van der Waals surface area contributed by atoms with Crippen LogP contribution in [0.5, 0.6) is 0 Å². The van der Waals surface area contributed by atoms with E-state index in [2.05, 4.69) is 15.1 Å². The van der Waals surface area contributed by atoms with E-state index >= 15 is 0 Å². The van der Waals surface area contributed by atoms with Gasteiger partial charge < -0.3 is 5.73 Å². The van der Waals surface area contributed by atoms with Crippen LogP contribution in [-0.2, 0) is 0 Å². The molecule has 2 aromatic heterocycles. The Bertz CT molecular complexity index is 464. The molecule has 0 amide bonds. The number of hydrogen-bond acceptors (Lipinski definition) is 5. The first-order valence-corrected chi connectivity index (χ1v) is 3.18. The third-order valence-electron chi connectivity index (χ3n) is 1.37. The predicted octanol–water partition coefficient (Wildman–Crippen LogP) is -0.422. The first kappa shape index (κ1) is 6.54. The van der Waals surface area contributed by atoms with Gasteiger partial charge in [0.2, 0.25) is 11.8 Å². The molecule has 0 atom stereocenters. The lowest BCUT2D eigenvalue weighted by atomic mass is 10.6. The number of anilines is 1. The SMILES string of the molecule is N#Cc1nccc2nc(N)nn12. The van der Waals surface area contributed by atoms with Crippen molar-refractivity contribution in [1.29, 1.82) is 5.26 Å². The quantitative estimate of drug-likeness (QED) is 0.564. The van der Waals surface area contributed by atoms with E-state index in [-0.39, 0.29) is 11.8 Å². The second kappa shape index (κ2) is 2.17. The molecule has 2 heterocycles. The van der Waals surface area contributed by atoms with Crippen LogP contribution < -0.4 is 5.73 Å². The van der Waals surface area contributed by atoms with E-state index in [0.717, 1.165) is 0 Å². The molecular weight excluding hydrogens is 156 g/mol.